The van der Waals surface area contributed by atoms with Gasteiger partial charge in [-0.05, 0) is 11.7 Å². The number of hydrogen-bond donors (Lipinski definition) is 0. The molecule has 1 unspecified atom stereocenters. The lowest BCUT2D eigenvalue weighted by Gasteiger charge is -1.94. The van der Waals surface area contributed by atoms with Crippen LogP contribution >= 0.6 is 8.58 Å². The van der Waals surface area contributed by atoms with E-state index in [1.807, 2.05) is 6.07 Å². The van der Waals surface area contributed by atoms with Crippen LogP contribution in [0, 0.1) is 0 Å². The zero-order valence-corrected chi connectivity index (χ0v) is 8.86. The summed E-state index contributed by atoms with van der Waals surface area (Å²) in [5.74, 6) is 2.22. The average Bonchev–Trinajstić information content (AvgIpc) is 2.19. The Morgan fingerprint density at radius 3 is 2.77 bits per heavy atom. The number of ether oxygens (including phenoxy) is 1. The molecule has 0 radical (unpaired) electrons. The summed E-state index contributed by atoms with van der Waals surface area (Å²) in [4.78, 5) is 0. The molecule has 2 heteroatoms. The van der Waals surface area contributed by atoms with Crippen molar-refractivity contribution in [1.29, 1.82) is 0 Å². The lowest BCUT2D eigenvalue weighted by Crippen LogP contribution is -1.87. The molecule has 1 rings (SSSR count). The number of hydrogen-bond acceptors (Lipinski definition) is 1. The molecule has 1 nitrogen and oxygen atoms in total. The number of benzene rings is 1. The zero-order chi connectivity index (χ0) is 9.36. The Kier molecular flexibility index (Phi) is 5.47. The van der Waals surface area contributed by atoms with Crippen LogP contribution < -0.4 is 0 Å². The molecule has 0 N–H and O–H groups in total. The minimum absolute atomic E-state index is 0.859. The smallest absolute Gasteiger partial charge is 0.0501 e. The van der Waals surface area contributed by atoms with Gasteiger partial charge in [-0.15, -0.1) is 0 Å². The van der Waals surface area contributed by atoms with E-state index in [-0.39, 0.29) is 0 Å². The Bertz CT molecular complexity index is 244. The van der Waals surface area contributed by atoms with E-state index < -0.39 is 0 Å². The van der Waals surface area contributed by atoms with Gasteiger partial charge < -0.3 is 4.74 Å². The van der Waals surface area contributed by atoms with Crippen LogP contribution in [0.4, 0.5) is 0 Å². The first-order valence-corrected chi connectivity index (χ1v) is 5.66. The number of rotatable bonds is 5. The van der Waals surface area contributed by atoms with Crippen molar-refractivity contribution in [3.8, 4) is 0 Å². The predicted octanol–water partition coefficient (Wildman–Crippen LogP) is 2.98. The Labute approximate surface area is 81.6 Å². The van der Waals surface area contributed by atoms with Gasteiger partial charge in [0.05, 0.1) is 6.61 Å². The van der Waals surface area contributed by atoms with Gasteiger partial charge in [0.1, 0.15) is 0 Å². The van der Waals surface area contributed by atoms with Crippen LogP contribution in [0.5, 0.6) is 0 Å². The molecule has 0 fully saturated rings. The second-order valence-electron chi connectivity index (χ2n) is 2.69. The summed E-state index contributed by atoms with van der Waals surface area (Å²) in [5, 5.41) is 0. The normalized spacial score (nSPS) is 11.8. The summed E-state index contributed by atoms with van der Waals surface area (Å²) >= 11 is 0. The molecule has 13 heavy (non-hydrogen) atoms. The topological polar surface area (TPSA) is 9.23 Å². The molecule has 0 bridgehead atoms. The highest BCUT2D eigenvalue weighted by Gasteiger charge is 1.83. The van der Waals surface area contributed by atoms with Crippen molar-refractivity contribution in [1.82, 2.24) is 0 Å². The summed E-state index contributed by atoms with van der Waals surface area (Å²) < 4.78 is 4.97. The molecule has 0 saturated carbocycles. The molecule has 1 atom stereocenters. The predicted molar refractivity (Wildman–Crippen MR) is 60.5 cm³/mol. The highest BCUT2D eigenvalue weighted by Crippen LogP contribution is 2.13. The Balaban J connectivity index is 2.25. The van der Waals surface area contributed by atoms with E-state index in [9.17, 15) is 0 Å². The minimum Gasteiger partial charge on any atom is -0.384 e. The molecular weight excluding hydrogens is 179 g/mol. The van der Waals surface area contributed by atoms with Crippen molar-refractivity contribution in [2.24, 2.45) is 0 Å². The molecule has 0 aliphatic rings. The fourth-order valence-corrected chi connectivity index (χ4v) is 1.76. The average molecular weight is 194 g/mol. The second kappa shape index (κ2) is 6.82. The van der Waals surface area contributed by atoms with E-state index >= 15 is 0 Å². The van der Waals surface area contributed by atoms with Gasteiger partial charge in [-0.25, -0.2) is 0 Å². The monoisotopic (exact) mass is 194 g/mol. The van der Waals surface area contributed by atoms with Gasteiger partial charge in [-0.1, -0.05) is 50.8 Å². The zero-order valence-electron chi connectivity index (χ0n) is 7.86. The van der Waals surface area contributed by atoms with Gasteiger partial charge in [-0.3, -0.25) is 0 Å². The van der Waals surface area contributed by atoms with Crippen LogP contribution in [0.2, 0.25) is 0 Å². The van der Waals surface area contributed by atoms with Crippen molar-refractivity contribution in [3.63, 3.8) is 0 Å². The Hall–Kier alpha value is -0.650. The van der Waals surface area contributed by atoms with Gasteiger partial charge in [-0.2, -0.15) is 0 Å². The molecule has 1 aromatic carbocycles. The van der Waals surface area contributed by atoms with Crippen LogP contribution in [-0.2, 0) is 4.74 Å². The van der Waals surface area contributed by atoms with Gasteiger partial charge in [0, 0.05) is 7.11 Å². The highest BCUT2D eigenvalue weighted by atomic mass is 31.1. The summed E-state index contributed by atoms with van der Waals surface area (Å²) in [5.41, 5.74) is 1.27. The lowest BCUT2D eigenvalue weighted by atomic mass is 10.2. The van der Waals surface area contributed by atoms with Gasteiger partial charge in [0.25, 0.3) is 0 Å². The fraction of sp³-hybridized carbons (Fsp3) is 0.273. The van der Waals surface area contributed by atoms with Crippen LogP contribution in [0.3, 0.4) is 0 Å². The maximum Gasteiger partial charge on any atom is 0.0501 e. The van der Waals surface area contributed by atoms with Gasteiger partial charge >= 0.3 is 0 Å². The van der Waals surface area contributed by atoms with Crippen molar-refractivity contribution >= 4 is 14.7 Å². The maximum atomic E-state index is 4.97. The summed E-state index contributed by atoms with van der Waals surface area (Å²) in [6.07, 6.45) is 3.29. The third-order valence-corrected chi connectivity index (χ3v) is 2.54. The van der Waals surface area contributed by atoms with E-state index in [1.54, 1.807) is 7.11 Å². The molecule has 0 aliphatic heterocycles. The standard InChI is InChI=1S/C11H15OP/c1-12-8-10-13-9-7-11-5-3-2-4-6-11/h2-7,9,13H,8,10H2,1H3. The quantitative estimate of drug-likeness (QED) is 0.517. The first kappa shape index (κ1) is 10.4. The Morgan fingerprint density at radius 1 is 1.31 bits per heavy atom. The maximum absolute atomic E-state index is 4.97. The van der Waals surface area contributed by atoms with E-state index in [4.69, 9.17) is 4.74 Å². The first-order valence-electron chi connectivity index (χ1n) is 4.37. The van der Waals surface area contributed by atoms with Gasteiger partial charge in [0.2, 0.25) is 0 Å². The first-order chi connectivity index (χ1) is 6.43. The van der Waals surface area contributed by atoms with Crippen LogP contribution in [0.15, 0.2) is 36.1 Å². The molecule has 0 heterocycles. The lowest BCUT2D eigenvalue weighted by molar-refractivity contribution is 0.218. The summed E-state index contributed by atoms with van der Waals surface area (Å²) in [7, 11) is 2.60. The molecular formula is C11H15OP. The van der Waals surface area contributed by atoms with Crippen molar-refractivity contribution in [3.05, 3.63) is 41.7 Å². The van der Waals surface area contributed by atoms with E-state index in [1.165, 1.54) is 5.56 Å². The molecule has 0 aliphatic carbocycles. The SMILES string of the molecule is COCCPC=Cc1ccccc1. The largest absolute Gasteiger partial charge is 0.384 e. The van der Waals surface area contributed by atoms with Gasteiger partial charge in [0.15, 0.2) is 0 Å². The van der Waals surface area contributed by atoms with Crippen LogP contribution in [0.25, 0.3) is 6.08 Å². The molecule has 0 spiro atoms. The third-order valence-electron chi connectivity index (χ3n) is 1.64. The Morgan fingerprint density at radius 2 is 2.08 bits per heavy atom. The summed E-state index contributed by atoms with van der Waals surface area (Å²) in [6.45, 7) is 0.859. The fourth-order valence-electron chi connectivity index (χ4n) is 0.964. The molecule has 1 aromatic rings. The second-order valence-corrected chi connectivity index (χ2v) is 3.93. The van der Waals surface area contributed by atoms with Crippen molar-refractivity contribution in [2.75, 3.05) is 19.9 Å². The van der Waals surface area contributed by atoms with E-state index in [0.717, 1.165) is 21.3 Å². The summed E-state index contributed by atoms with van der Waals surface area (Å²) in [6, 6.07) is 10.4. The number of methoxy groups -OCH3 is 1. The molecule has 0 saturated heterocycles. The van der Waals surface area contributed by atoms with Crippen molar-refractivity contribution in [2.45, 2.75) is 0 Å². The van der Waals surface area contributed by atoms with E-state index in [2.05, 4.69) is 36.2 Å². The minimum atomic E-state index is 0.859. The third kappa shape index (κ3) is 4.82. The molecule has 0 amide bonds. The highest BCUT2D eigenvalue weighted by molar-refractivity contribution is 7.41. The van der Waals surface area contributed by atoms with Crippen molar-refractivity contribution < 1.29 is 4.74 Å². The molecule has 70 valence electrons. The van der Waals surface area contributed by atoms with Crippen LogP contribution in [-0.4, -0.2) is 19.9 Å². The molecule has 0 aromatic heterocycles. The van der Waals surface area contributed by atoms with Crippen LogP contribution in [0.1, 0.15) is 5.56 Å². The van der Waals surface area contributed by atoms with E-state index in [0.29, 0.717) is 0 Å².